The molecular weight excluding hydrogens is 419 g/mol. The quantitative estimate of drug-likeness (QED) is 0.125. The molecule has 0 aliphatic carbocycles. The van der Waals surface area contributed by atoms with Crippen molar-refractivity contribution in [2.24, 2.45) is 0 Å². The van der Waals surface area contributed by atoms with E-state index in [0.717, 1.165) is 19.3 Å². The van der Waals surface area contributed by atoms with Gasteiger partial charge in [0.1, 0.15) is 6.61 Å². The number of hydrogen-bond acceptors (Lipinski definition) is 7. The maximum absolute atomic E-state index is 11.5. The molecule has 0 aliphatic rings. The summed E-state index contributed by atoms with van der Waals surface area (Å²) in [7, 11) is -5.19. The first-order valence-electron chi connectivity index (χ1n) is 10.8. The van der Waals surface area contributed by atoms with Gasteiger partial charge in [-0.1, -0.05) is 68.4 Å². The fourth-order valence-electron chi connectivity index (χ4n) is 2.35. The molecule has 0 unspecified atom stereocenters. The summed E-state index contributed by atoms with van der Waals surface area (Å²) in [5.74, 6) is -1.35. The molecule has 0 N–H and O–H groups in total. The van der Waals surface area contributed by atoms with Crippen molar-refractivity contribution in [3.63, 3.8) is 0 Å². The van der Waals surface area contributed by atoms with Crippen molar-refractivity contribution in [1.82, 2.24) is 0 Å². The number of ether oxygens (including phenoxy) is 1. The number of ketones is 1. The lowest BCUT2D eigenvalue weighted by molar-refractivity contribution is -0.341. The highest BCUT2D eigenvalue weighted by Gasteiger charge is 2.08. The molecule has 0 rings (SSSR count). The zero-order valence-electron chi connectivity index (χ0n) is 18.4. The molecule has 0 aromatic rings. The first-order chi connectivity index (χ1) is 14.8. The van der Waals surface area contributed by atoms with E-state index in [1.165, 1.54) is 25.7 Å². The summed E-state index contributed by atoms with van der Waals surface area (Å²) in [4.78, 5) is 43.1. The van der Waals surface area contributed by atoms with Crippen molar-refractivity contribution in [1.29, 1.82) is 0 Å². The molecule has 0 amide bonds. The predicted octanol–water partition coefficient (Wildman–Crippen LogP) is 4.09. The lowest BCUT2D eigenvalue weighted by Crippen LogP contribution is -2.23. The molecule has 0 atom stereocenters. The van der Waals surface area contributed by atoms with E-state index < -0.39 is 32.8 Å². The Balaban J connectivity index is 3.61. The van der Waals surface area contributed by atoms with Gasteiger partial charge >= 0.3 is 5.97 Å². The van der Waals surface area contributed by atoms with Gasteiger partial charge in [-0.05, 0) is 44.9 Å². The van der Waals surface area contributed by atoms with Gasteiger partial charge in [-0.3, -0.25) is 9.59 Å². The van der Waals surface area contributed by atoms with Crippen molar-refractivity contribution < 1.29 is 33.2 Å². The third-order valence-corrected chi connectivity index (χ3v) is 4.43. The van der Waals surface area contributed by atoms with E-state index in [-0.39, 0.29) is 6.42 Å². The molecule has 0 spiro atoms. The Kier molecular flexibility index (Phi) is 19.0. The van der Waals surface area contributed by atoms with E-state index in [9.17, 15) is 23.9 Å². The second-order valence-electron chi connectivity index (χ2n) is 6.90. The van der Waals surface area contributed by atoms with Gasteiger partial charge in [0.15, 0.2) is 12.4 Å². The number of rotatable bonds is 19. The minimum Gasteiger partial charge on any atom is -0.790 e. The van der Waals surface area contributed by atoms with Crippen LogP contribution in [-0.2, 0) is 23.4 Å². The van der Waals surface area contributed by atoms with Crippen molar-refractivity contribution in [3.8, 4) is 0 Å². The fourth-order valence-corrected chi connectivity index (χ4v) is 2.65. The molecule has 0 bridgehead atoms. The van der Waals surface area contributed by atoms with Gasteiger partial charge < -0.3 is 23.6 Å². The molecule has 0 radical (unpaired) electrons. The zero-order valence-corrected chi connectivity index (χ0v) is 19.3. The summed E-state index contributed by atoms with van der Waals surface area (Å²) in [6.07, 6.45) is 26.1. The van der Waals surface area contributed by atoms with E-state index in [1.807, 2.05) is 12.2 Å². The van der Waals surface area contributed by atoms with Gasteiger partial charge in [-0.25, -0.2) is 0 Å². The maximum atomic E-state index is 11.5. The highest BCUT2D eigenvalue weighted by Crippen LogP contribution is 2.23. The number of carbonyl (C=O) groups excluding carboxylic acids is 2. The van der Waals surface area contributed by atoms with Crippen molar-refractivity contribution in [2.45, 2.75) is 71.1 Å². The third-order valence-electron chi connectivity index (χ3n) is 3.99. The van der Waals surface area contributed by atoms with Crippen LogP contribution in [0.3, 0.4) is 0 Å². The Hall–Kier alpha value is -1.79. The summed E-state index contributed by atoms with van der Waals surface area (Å²) in [5, 5.41) is 0. The summed E-state index contributed by atoms with van der Waals surface area (Å²) in [5.41, 5.74) is 0. The minimum absolute atomic E-state index is 0.147. The molecule has 0 aromatic carbocycles. The Labute approximate surface area is 186 Å². The topological polar surface area (TPSA) is 116 Å². The van der Waals surface area contributed by atoms with Crippen LogP contribution in [0.4, 0.5) is 0 Å². The van der Waals surface area contributed by atoms with Gasteiger partial charge in [-0.15, -0.1) is 0 Å². The normalized spacial score (nSPS) is 12.6. The van der Waals surface area contributed by atoms with Crippen LogP contribution >= 0.6 is 7.82 Å². The van der Waals surface area contributed by atoms with Crippen LogP contribution in [0.25, 0.3) is 0 Å². The number of carbonyl (C=O) groups is 2. The largest absolute Gasteiger partial charge is 0.790 e. The van der Waals surface area contributed by atoms with Gasteiger partial charge in [-0.2, -0.15) is 0 Å². The van der Waals surface area contributed by atoms with E-state index in [2.05, 4.69) is 52.6 Å². The molecule has 0 saturated carbocycles. The zero-order chi connectivity index (χ0) is 23.2. The van der Waals surface area contributed by atoms with Crippen LogP contribution in [0.2, 0.25) is 0 Å². The molecule has 176 valence electrons. The maximum Gasteiger partial charge on any atom is 0.306 e. The lowest BCUT2D eigenvalue weighted by Gasteiger charge is -2.27. The van der Waals surface area contributed by atoms with Crippen LogP contribution in [0.1, 0.15) is 71.1 Å². The molecule has 7 nitrogen and oxygen atoms in total. The number of hydrogen-bond donors (Lipinski definition) is 0. The summed E-state index contributed by atoms with van der Waals surface area (Å²) >= 11 is 0. The number of allylic oxidation sites excluding steroid dienone is 8. The molecule has 0 saturated heterocycles. The molecule has 31 heavy (non-hydrogen) atoms. The van der Waals surface area contributed by atoms with Crippen molar-refractivity contribution in [2.75, 3.05) is 13.2 Å². The molecule has 0 heterocycles. The molecular formula is C23H35O7P-2. The van der Waals surface area contributed by atoms with Crippen LogP contribution in [0, 0.1) is 0 Å². The van der Waals surface area contributed by atoms with Crippen molar-refractivity contribution in [3.05, 3.63) is 48.6 Å². The minimum atomic E-state index is -5.19. The third kappa shape index (κ3) is 24.4. The summed E-state index contributed by atoms with van der Waals surface area (Å²) < 4.78 is 18.7. The van der Waals surface area contributed by atoms with Gasteiger partial charge in [0.2, 0.25) is 0 Å². The average Bonchev–Trinajstić information content (AvgIpc) is 2.72. The number of Topliss-reactive ketones (excluding diaryl/α,β-unsaturated/α-hetero) is 1. The number of phosphoric ester groups is 1. The highest BCUT2D eigenvalue weighted by molar-refractivity contribution is 7.43. The average molecular weight is 455 g/mol. The highest BCUT2D eigenvalue weighted by atomic mass is 31.2. The van der Waals surface area contributed by atoms with E-state index >= 15 is 0 Å². The van der Waals surface area contributed by atoms with Crippen LogP contribution in [-0.4, -0.2) is 25.0 Å². The smallest absolute Gasteiger partial charge is 0.306 e. The molecule has 0 aliphatic heterocycles. The number of esters is 1. The summed E-state index contributed by atoms with van der Waals surface area (Å²) in [6, 6.07) is 0. The predicted molar refractivity (Wildman–Crippen MR) is 118 cm³/mol. The van der Waals surface area contributed by atoms with Crippen molar-refractivity contribution >= 4 is 19.6 Å². The Morgan fingerprint density at radius 3 is 1.81 bits per heavy atom. The van der Waals surface area contributed by atoms with E-state index in [0.29, 0.717) is 12.8 Å². The van der Waals surface area contributed by atoms with E-state index in [1.54, 1.807) is 0 Å². The standard InChI is InChI=1S/C23H37O7P/c1-2-3-4-5-6-7-8-9-10-11-12-13-14-15-16-17-18-19-23(25)29-20-22(24)21-30-31(26,27)28/h6-7,9-10,12-13,15-16H,2-5,8,11,14,17-21H2,1H3,(H2,26,27,28)/p-2/b7-6-,10-9-,13-12-,16-15-. The Morgan fingerprint density at radius 2 is 1.29 bits per heavy atom. The number of phosphoric acid groups is 1. The van der Waals surface area contributed by atoms with Gasteiger partial charge in [0.25, 0.3) is 0 Å². The Bertz CT molecular complexity index is 644. The SMILES string of the molecule is CCCCC/C=C\C/C=C\C/C=C\C/C=C\CCCC(=O)OCC(=O)COP(=O)([O-])[O-]. The van der Waals surface area contributed by atoms with Gasteiger partial charge in [0, 0.05) is 6.42 Å². The second kappa shape index (κ2) is 20.1. The monoisotopic (exact) mass is 454 g/mol. The molecule has 0 fully saturated rings. The fraction of sp³-hybridized carbons (Fsp3) is 0.565. The molecule has 0 aromatic heterocycles. The second-order valence-corrected chi connectivity index (χ2v) is 8.05. The first-order valence-corrected chi connectivity index (χ1v) is 12.2. The van der Waals surface area contributed by atoms with Crippen LogP contribution in [0.15, 0.2) is 48.6 Å². The molecule has 8 heteroatoms. The van der Waals surface area contributed by atoms with E-state index in [4.69, 9.17) is 0 Å². The summed E-state index contributed by atoms with van der Waals surface area (Å²) in [6.45, 7) is 0.685. The Morgan fingerprint density at radius 1 is 0.774 bits per heavy atom. The number of unbranched alkanes of at least 4 members (excludes halogenated alkanes) is 4. The first kappa shape index (κ1) is 29.2. The van der Waals surface area contributed by atoms with Crippen LogP contribution < -0.4 is 9.79 Å². The van der Waals surface area contributed by atoms with Crippen LogP contribution in [0.5, 0.6) is 0 Å². The van der Waals surface area contributed by atoms with Gasteiger partial charge in [0.05, 0.1) is 7.82 Å². The lowest BCUT2D eigenvalue weighted by atomic mass is 10.2.